The van der Waals surface area contributed by atoms with Crippen LogP contribution in [-0.2, 0) is 11.8 Å². The van der Waals surface area contributed by atoms with Gasteiger partial charge in [0.25, 0.3) is 5.69 Å². The van der Waals surface area contributed by atoms with E-state index in [0.717, 1.165) is 18.5 Å². The summed E-state index contributed by atoms with van der Waals surface area (Å²) in [6.07, 6.45) is 4.48. The number of unbranched alkanes of at least 4 members (excludes halogenated alkanes) is 2. The second-order valence-electron chi connectivity index (χ2n) is 8.85. The molecule has 0 aliphatic heterocycles. The number of ether oxygens (including phenoxy) is 1. The van der Waals surface area contributed by atoms with E-state index in [2.05, 4.69) is 12.0 Å². The lowest BCUT2D eigenvalue weighted by Crippen LogP contribution is -2.13. The fourth-order valence-electron chi connectivity index (χ4n) is 3.24. The van der Waals surface area contributed by atoms with Gasteiger partial charge in [0.05, 0.1) is 21.9 Å². The summed E-state index contributed by atoms with van der Waals surface area (Å²) in [7, 11) is 0. The molecule has 1 aromatic heterocycles. The van der Waals surface area contributed by atoms with Crippen molar-refractivity contribution in [2.45, 2.75) is 58.8 Å². The predicted octanol–water partition coefficient (Wildman–Crippen LogP) is 6.03. The highest BCUT2D eigenvalue weighted by Gasteiger charge is 2.23. The van der Waals surface area contributed by atoms with Crippen molar-refractivity contribution in [1.29, 1.82) is 0 Å². The van der Waals surface area contributed by atoms with E-state index >= 15 is 0 Å². The standard InChI is InChI=1S/C25H29N3O4/c1-5-6-7-8-18-9-11-19(12-10-18)24(29)32-23-17-22(25(2,3)4)26-27(23)20-13-15-21(16-14-20)28(30)31/h9-17H,5-8H2,1-4H3. The zero-order valence-corrected chi connectivity index (χ0v) is 19.0. The molecule has 7 nitrogen and oxygen atoms in total. The first-order valence-electron chi connectivity index (χ1n) is 10.9. The molecule has 0 amide bonds. The quantitative estimate of drug-likeness (QED) is 0.187. The average molecular weight is 436 g/mol. The van der Waals surface area contributed by atoms with Crippen LogP contribution in [0.15, 0.2) is 54.6 Å². The molecule has 3 aromatic rings. The Labute approximate surface area is 188 Å². The summed E-state index contributed by atoms with van der Waals surface area (Å²) in [4.78, 5) is 23.3. The van der Waals surface area contributed by atoms with Crippen molar-refractivity contribution < 1.29 is 14.5 Å². The van der Waals surface area contributed by atoms with E-state index < -0.39 is 10.9 Å². The number of carbonyl (C=O) groups excluding carboxylic acids is 1. The number of aromatic nitrogens is 2. The molecule has 1 heterocycles. The minimum absolute atomic E-state index is 0.0190. The van der Waals surface area contributed by atoms with Gasteiger partial charge in [-0.3, -0.25) is 10.1 Å². The number of nitro benzene ring substituents is 1. The van der Waals surface area contributed by atoms with Gasteiger partial charge in [0, 0.05) is 23.6 Å². The molecule has 0 aliphatic rings. The second kappa shape index (κ2) is 9.77. The van der Waals surface area contributed by atoms with E-state index in [4.69, 9.17) is 4.74 Å². The maximum Gasteiger partial charge on any atom is 0.344 e. The lowest BCUT2D eigenvalue weighted by atomic mass is 9.93. The molecule has 0 aliphatic carbocycles. The van der Waals surface area contributed by atoms with Crippen LogP contribution in [0.25, 0.3) is 5.69 Å². The van der Waals surface area contributed by atoms with E-state index in [-0.39, 0.29) is 17.0 Å². The molecule has 0 saturated heterocycles. The van der Waals surface area contributed by atoms with Crippen molar-refractivity contribution in [1.82, 2.24) is 9.78 Å². The van der Waals surface area contributed by atoms with E-state index in [1.54, 1.807) is 30.3 Å². The smallest absolute Gasteiger partial charge is 0.344 e. The molecule has 7 heteroatoms. The number of carbonyl (C=O) groups is 1. The van der Waals surface area contributed by atoms with Gasteiger partial charge >= 0.3 is 5.97 Å². The Kier molecular flexibility index (Phi) is 7.08. The van der Waals surface area contributed by atoms with E-state index in [1.807, 2.05) is 32.9 Å². The van der Waals surface area contributed by atoms with E-state index in [9.17, 15) is 14.9 Å². The van der Waals surface area contributed by atoms with Gasteiger partial charge in [-0.15, -0.1) is 0 Å². The number of hydrogen-bond donors (Lipinski definition) is 0. The zero-order valence-electron chi connectivity index (χ0n) is 19.0. The molecular formula is C25H29N3O4. The molecule has 0 radical (unpaired) electrons. The van der Waals surface area contributed by atoms with Crippen LogP contribution < -0.4 is 4.74 Å². The summed E-state index contributed by atoms with van der Waals surface area (Å²) in [5.74, 6) is -0.213. The van der Waals surface area contributed by atoms with Crippen LogP contribution in [0.5, 0.6) is 5.88 Å². The van der Waals surface area contributed by atoms with Crippen LogP contribution in [0.1, 0.15) is 68.6 Å². The SMILES string of the molecule is CCCCCc1ccc(C(=O)Oc2cc(C(C)(C)C)nn2-c2ccc([N+](=O)[O-])cc2)cc1. The lowest BCUT2D eigenvalue weighted by molar-refractivity contribution is -0.384. The maximum absolute atomic E-state index is 12.8. The van der Waals surface area contributed by atoms with Crippen molar-refractivity contribution >= 4 is 11.7 Å². The molecule has 0 fully saturated rings. The number of rotatable bonds is 8. The molecule has 0 atom stereocenters. The minimum Gasteiger partial charge on any atom is -0.404 e. The second-order valence-corrected chi connectivity index (χ2v) is 8.85. The predicted molar refractivity (Wildman–Crippen MR) is 124 cm³/mol. The maximum atomic E-state index is 12.8. The topological polar surface area (TPSA) is 87.3 Å². The van der Waals surface area contributed by atoms with Crippen LogP contribution in [0.4, 0.5) is 5.69 Å². The minimum atomic E-state index is -0.478. The van der Waals surface area contributed by atoms with Gasteiger partial charge in [-0.25, -0.2) is 9.48 Å². The summed E-state index contributed by atoms with van der Waals surface area (Å²) in [6.45, 7) is 8.21. The molecule has 0 saturated carbocycles. The third kappa shape index (κ3) is 5.60. The van der Waals surface area contributed by atoms with Gasteiger partial charge in [0.1, 0.15) is 0 Å². The van der Waals surface area contributed by atoms with Crippen LogP contribution in [0.3, 0.4) is 0 Å². The number of nitro groups is 1. The van der Waals surface area contributed by atoms with Gasteiger partial charge in [-0.2, -0.15) is 5.10 Å². The number of non-ortho nitro benzene ring substituents is 1. The fraction of sp³-hybridized carbons (Fsp3) is 0.360. The lowest BCUT2D eigenvalue weighted by Gasteiger charge is -2.13. The fourth-order valence-corrected chi connectivity index (χ4v) is 3.24. The van der Waals surface area contributed by atoms with Crippen LogP contribution in [-0.4, -0.2) is 20.7 Å². The van der Waals surface area contributed by atoms with Crippen LogP contribution >= 0.6 is 0 Å². The van der Waals surface area contributed by atoms with Gasteiger partial charge in [-0.1, -0.05) is 52.7 Å². The normalized spacial score (nSPS) is 11.4. The molecule has 32 heavy (non-hydrogen) atoms. The van der Waals surface area contributed by atoms with Gasteiger partial charge in [0.2, 0.25) is 5.88 Å². The van der Waals surface area contributed by atoms with Gasteiger partial charge < -0.3 is 4.74 Å². The Hall–Kier alpha value is -3.48. The summed E-state index contributed by atoms with van der Waals surface area (Å²) < 4.78 is 7.21. The van der Waals surface area contributed by atoms with Crippen molar-refractivity contribution in [3.63, 3.8) is 0 Å². The van der Waals surface area contributed by atoms with E-state index in [1.165, 1.54) is 35.2 Å². The number of nitrogens with zero attached hydrogens (tertiary/aromatic N) is 3. The van der Waals surface area contributed by atoms with Gasteiger partial charge in [0.15, 0.2) is 0 Å². The van der Waals surface area contributed by atoms with Crippen molar-refractivity contribution in [3.8, 4) is 11.6 Å². The Bertz CT molecular complexity index is 1080. The number of benzene rings is 2. The van der Waals surface area contributed by atoms with Crippen molar-refractivity contribution in [2.75, 3.05) is 0 Å². The average Bonchev–Trinajstić information content (AvgIpc) is 3.19. The Morgan fingerprint density at radius 1 is 1.06 bits per heavy atom. The first-order valence-corrected chi connectivity index (χ1v) is 10.9. The summed E-state index contributed by atoms with van der Waals surface area (Å²) >= 11 is 0. The molecule has 168 valence electrons. The monoisotopic (exact) mass is 435 g/mol. The number of hydrogen-bond acceptors (Lipinski definition) is 5. The van der Waals surface area contributed by atoms with Crippen molar-refractivity contribution in [3.05, 3.63) is 81.5 Å². The van der Waals surface area contributed by atoms with Crippen LogP contribution in [0, 0.1) is 10.1 Å². The van der Waals surface area contributed by atoms with E-state index in [0.29, 0.717) is 11.3 Å². The number of aryl methyl sites for hydroxylation is 1. The summed E-state index contributed by atoms with van der Waals surface area (Å²) in [5, 5.41) is 15.6. The molecule has 2 aromatic carbocycles. The largest absolute Gasteiger partial charge is 0.404 e. The summed E-state index contributed by atoms with van der Waals surface area (Å²) in [5.41, 5.74) is 2.67. The highest BCUT2D eigenvalue weighted by Crippen LogP contribution is 2.29. The first-order chi connectivity index (χ1) is 15.2. The highest BCUT2D eigenvalue weighted by molar-refractivity contribution is 5.91. The molecule has 0 unspecified atom stereocenters. The molecule has 0 bridgehead atoms. The molecule has 0 N–H and O–H groups in total. The molecular weight excluding hydrogens is 406 g/mol. The summed E-state index contributed by atoms with van der Waals surface area (Å²) in [6, 6.07) is 15.2. The van der Waals surface area contributed by atoms with Crippen LogP contribution in [0.2, 0.25) is 0 Å². The molecule has 3 rings (SSSR count). The number of esters is 1. The van der Waals surface area contributed by atoms with Crippen molar-refractivity contribution in [2.24, 2.45) is 0 Å². The highest BCUT2D eigenvalue weighted by atomic mass is 16.6. The van der Waals surface area contributed by atoms with Gasteiger partial charge in [-0.05, 0) is 42.7 Å². The Morgan fingerprint density at radius 3 is 2.28 bits per heavy atom. The Balaban J connectivity index is 1.85. The molecule has 0 spiro atoms. The zero-order chi connectivity index (χ0) is 23.3. The Morgan fingerprint density at radius 2 is 1.72 bits per heavy atom. The third-order valence-electron chi connectivity index (χ3n) is 5.21. The first kappa shape index (κ1) is 23.2. The third-order valence-corrected chi connectivity index (χ3v) is 5.21.